The van der Waals surface area contributed by atoms with Crippen molar-refractivity contribution in [3.05, 3.63) is 47.6 Å². The zero-order valence-corrected chi connectivity index (χ0v) is 16.4. The fourth-order valence-electron chi connectivity index (χ4n) is 2.40. The second-order valence-electron chi connectivity index (χ2n) is 6.59. The molecule has 28 heavy (non-hydrogen) atoms. The molecule has 0 saturated carbocycles. The predicted octanol–water partition coefficient (Wildman–Crippen LogP) is 6.05. The van der Waals surface area contributed by atoms with Crippen LogP contribution in [0.5, 0.6) is 5.75 Å². The molecule has 0 aliphatic carbocycles. The van der Waals surface area contributed by atoms with Crippen molar-refractivity contribution in [1.29, 1.82) is 0 Å². The summed E-state index contributed by atoms with van der Waals surface area (Å²) < 4.78 is 57.5. The van der Waals surface area contributed by atoms with Crippen molar-refractivity contribution in [3.8, 4) is 5.75 Å². The number of carbonyl (C=O) groups excluding carboxylic acids is 2. The Balaban J connectivity index is 2.07. The van der Waals surface area contributed by atoms with Gasteiger partial charge >= 0.3 is 11.4 Å². The summed E-state index contributed by atoms with van der Waals surface area (Å²) in [7, 11) is 0. The molecule has 1 aromatic rings. The smallest absolute Gasteiger partial charge is 0.426 e. The average Bonchev–Trinajstić information content (AvgIpc) is 2.60. The average molecular weight is 416 g/mol. The van der Waals surface area contributed by atoms with Gasteiger partial charge in [-0.25, -0.2) is 0 Å². The molecular weight excluding hydrogens is 396 g/mol. The number of ketones is 2. The molecular formula is C20H20F4O3S. The number of rotatable bonds is 7. The molecule has 0 N–H and O–H groups in total. The highest BCUT2D eigenvalue weighted by Gasteiger charge is 2.63. The predicted molar refractivity (Wildman–Crippen MR) is 99.1 cm³/mol. The summed E-state index contributed by atoms with van der Waals surface area (Å²) in [4.78, 5) is 24.4. The molecule has 0 saturated heterocycles. The molecule has 0 atom stereocenters. The van der Waals surface area contributed by atoms with E-state index in [-0.39, 0.29) is 46.8 Å². The number of benzene rings is 1. The number of alkyl halides is 4. The van der Waals surface area contributed by atoms with Gasteiger partial charge in [0.2, 0.25) is 0 Å². The number of fused-ring (bicyclic) bond motifs is 1. The van der Waals surface area contributed by atoms with E-state index in [0.29, 0.717) is 5.57 Å². The third-order valence-corrected chi connectivity index (χ3v) is 5.00. The summed E-state index contributed by atoms with van der Waals surface area (Å²) in [6.45, 7) is 5.65. The summed E-state index contributed by atoms with van der Waals surface area (Å²) in [5, 5.41) is -4.40. The van der Waals surface area contributed by atoms with Crippen LogP contribution in [0.3, 0.4) is 0 Å². The molecule has 1 heterocycles. The van der Waals surface area contributed by atoms with Crippen molar-refractivity contribution >= 4 is 23.3 Å². The minimum absolute atomic E-state index is 0.0212. The van der Waals surface area contributed by atoms with E-state index in [1.165, 1.54) is 6.07 Å². The molecule has 0 radical (unpaired) electrons. The van der Waals surface area contributed by atoms with Crippen LogP contribution in [-0.4, -0.2) is 22.9 Å². The Kier molecular flexibility index (Phi) is 6.75. The Hall–Kier alpha value is -2.09. The number of thioether (sulfide) groups is 1. The second kappa shape index (κ2) is 8.51. The minimum Gasteiger partial charge on any atom is -0.426 e. The van der Waals surface area contributed by atoms with Gasteiger partial charge in [-0.15, -0.1) is 0 Å². The summed E-state index contributed by atoms with van der Waals surface area (Å²) in [5.41, 5.74) is 0.501. The highest BCUT2D eigenvalue weighted by Crippen LogP contribution is 2.54. The van der Waals surface area contributed by atoms with E-state index in [1.54, 1.807) is 19.1 Å². The summed E-state index contributed by atoms with van der Waals surface area (Å²) in [5.74, 6) is -0.896. The van der Waals surface area contributed by atoms with Gasteiger partial charge in [0.15, 0.2) is 11.6 Å². The number of Topliss-reactive ketones (excluding diaryl/α,β-unsaturated/α-hetero) is 2. The lowest BCUT2D eigenvalue weighted by Crippen LogP contribution is -2.45. The molecule has 1 aliphatic heterocycles. The third-order valence-electron chi connectivity index (χ3n) is 3.95. The Bertz CT molecular complexity index is 829. The Morgan fingerprint density at radius 1 is 1.18 bits per heavy atom. The van der Waals surface area contributed by atoms with Crippen LogP contribution in [0, 0.1) is 5.92 Å². The Morgan fingerprint density at radius 3 is 2.46 bits per heavy atom. The molecule has 0 amide bonds. The zero-order chi connectivity index (χ0) is 21.1. The fourth-order valence-corrected chi connectivity index (χ4v) is 3.18. The van der Waals surface area contributed by atoms with Crippen LogP contribution in [0.25, 0.3) is 0 Å². The standard InChI is InChI=1S/C20H20F4O3S/c1-4-13(6-5-12(2)3)15(25)8-9-16(26)14-7-10-18-17(11-14)27-19(21,22)20(23,24)28-18/h4-7,10-12H,8-9H2,1-3H3/b6-5-,13-4+. The number of hydrogen-bond donors (Lipinski definition) is 0. The quantitative estimate of drug-likeness (QED) is 0.235. The van der Waals surface area contributed by atoms with Gasteiger partial charge in [-0.3, -0.25) is 9.59 Å². The van der Waals surface area contributed by atoms with Crippen molar-refractivity contribution in [1.82, 2.24) is 0 Å². The first-order valence-corrected chi connectivity index (χ1v) is 9.47. The monoisotopic (exact) mass is 416 g/mol. The van der Waals surface area contributed by atoms with Crippen LogP contribution < -0.4 is 4.74 Å². The summed E-state index contributed by atoms with van der Waals surface area (Å²) in [6, 6.07) is 3.41. The number of hydrogen-bond acceptors (Lipinski definition) is 4. The van der Waals surface area contributed by atoms with Gasteiger partial charge < -0.3 is 4.74 Å². The second-order valence-corrected chi connectivity index (χ2v) is 7.75. The zero-order valence-electron chi connectivity index (χ0n) is 15.6. The molecule has 8 heteroatoms. The van der Waals surface area contributed by atoms with E-state index in [2.05, 4.69) is 4.74 Å². The van der Waals surface area contributed by atoms with Crippen LogP contribution in [0.1, 0.15) is 44.0 Å². The van der Waals surface area contributed by atoms with E-state index in [0.717, 1.165) is 12.1 Å². The number of halogens is 4. The topological polar surface area (TPSA) is 43.4 Å². The van der Waals surface area contributed by atoms with Crippen molar-refractivity contribution in [3.63, 3.8) is 0 Å². The maximum absolute atomic E-state index is 13.4. The van der Waals surface area contributed by atoms with Crippen molar-refractivity contribution in [2.45, 2.75) is 49.9 Å². The van der Waals surface area contributed by atoms with Crippen molar-refractivity contribution < 1.29 is 31.9 Å². The lowest BCUT2D eigenvalue weighted by Gasteiger charge is -2.31. The number of ether oxygens (including phenoxy) is 1. The SMILES string of the molecule is C/C=C(\C=C/C(C)C)C(=O)CCC(=O)c1ccc2c(c1)OC(F)(F)C(F)(F)S2. The number of allylic oxidation sites excluding steroid dienone is 4. The van der Waals surface area contributed by atoms with Gasteiger partial charge in [-0.05, 0) is 36.7 Å². The van der Waals surface area contributed by atoms with Gasteiger partial charge in [-0.2, -0.15) is 17.6 Å². The Labute approximate surface area is 164 Å². The summed E-state index contributed by atoms with van der Waals surface area (Å²) >= 11 is -0.314. The molecule has 1 aromatic carbocycles. The van der Waals surface area contributed by atoms with Crippen LogP contribution in [0.4, 0.5) is 17.6 Å². The van der Waals surface area contributed by atoms with Crippen LogP contribution in [0.2, 0.25) is 0 Å². The molecule has 1 aliphatic rings. The van der Waals surface area contributed by atoms with Gasteiger partial charge in [0.25, 0.3) is 0 Å². The first-order chi connectivity index (χ1) is 13.0. The van der Waals surface area contributed by atoms with Crippen molar-refractivity contribution in [2.24, 2.45) is 5.92 Å². The van der Waals surface area contributed by atoms with E-state index in [4.69, 9.17) is 0 Å². The van der Waals surface area contributed by atoms with Gasteiger partial charge in [0.1, 0.15) is 5.75 Å². The van der Waals surface area contributed by atoms with E-state index < -0.39 is 22.9 Å². The van der Waals surface area contributed by atoms with E-state index in [1.807, 2.05) is 19.9 Å². The van der Waals surface area contributed by atoms with Gasteiger partial charge in [0, 0.05) is 24.0 Å². The third kappa shape index (κ3) is 5.04. The molecule has 0 bridgehead atoms. The maximum atomic E-state index is 13.4. The molecule has 2 rings (SSSR count). The van der Waals surface area contributed by atoms with Gasteiger partial charge in [0.05, 0.1) is 4.90 Å². The molecule has 0 fully saturated rings. The molecule has 152 valence electrons. The normalized spacial score (nSPS) is 18.1. The van der Waals surface area contributed by atoms with Crippen LogP contribution in [0.15, 0.2) is 46.9 Å². The summed E-state index contributed by atoms with van der Waals surface area (Å²) in [6.07, 6.45) is 0.350. The maximum Gasteiger partial charge on any atom is 0.475 e. The van der Waals surface area contributed by atoms with Crippen LogP contribution >= 0.6 is 11.8 Å². The van der Waals surface area contributed by atoms with Gasteiger partial charge in [-0.1, -0.05) is 38.1 Å². The van der Waals surface area contributed by atoms with Crippen LogP contribution in [-0.2, 0) is 4.79 Å². The largest absolute Gasteiger partial charge is 0.475 e. The first-order valence-electron chi connectivity index (χ1n) is 8.65. The Morgan fingerprint density at radius 2 is 1.86 bits per heavy atom. The highest BCUT2D eigenvalue weighted by atomic mass is 32.2. The lowest BCUT2D eigenvalue weighted by molar-refractivity contribution is -0.273. The highest BCUT2D eigenvalue weighted by molar-refractivity contribution is 8.00. The molecule has 3 nitrogen and oxygen atoms in total. The minimum atomic E-state index is -4.67. The fraction of sp³-hybridized carbons (Fsp3) is 0.400. The first kappa shape index (κ1) is 22.2. The molecule has 0 aromatic heterocycles. The van der Waals surface area contributed by atoms with E-state index >= 15 is 0 Å². The van der Waals surface area contributed by atoms with E-state index in [9.17, 15) is 27.2 Å². The molecule has 0 spiro atoms. The lowest BCUT2D eigenvalue weighted by atomic mass is 10.00. The number of carbonyl (C=O) groups is 2. The molecule has 0 unspecified atom stereocenters. The van der Waals surface area contributed by atoms with Crippen molar-refractivity contribution in [2.75, 3.05) is 0 Å².